The van der Waals surface area contributed by atoms with Gasteiger partial charge < -0.3 is 14.4 Å². The van der Waals surface area contributed by atoms with Gasteiger partial charge in [0.15, 0.2) is 0 Å². The van der Waals surface area contributed by atoms with E-state index in [1.807, 2.05) is 12.1 Å². The number of hydrogen-bond acceptors (Lipinski definition) is 8. The highest BCUT2D eigenvalue weighted by atomic mass is 32.1. The summed E-state index contributed by atoms with van der Waals surface area (Å²) in [7, 11) is 3.45. The number of rotatable bonds is 6. The van der Waals surface area contributed by atoms with E-state index in [4.69, 9.17) is 19.4 Å². The van der Waals surface area contributed by atoms with E-state index >= 15 is 0 Å². The van der Waals surface area contributed by atoms with Crippen LogP contribution in [0.4, 0.5) is 5.82 Å². The van der Waals surface area contributed by atoms with E-state index in [1.165, 1.54) is 17.6 Å². The summed E-state index contributed by atoms with van der Waals surface area (Å²) in [5.74, 6) is 1.47. The molecule has 0 atom stereocenters. The number of hydrogen-bond donors (Lipinski definition) is 0. The van der Waals surface area contributed by atoms with Gasteiger partial charge >= 0.3 is 5.97 Å². The van der Waals surface area contributed by atoms with Crippen molar-refractivity contribution in [3.05, 3.63) is 51.7 Å². The highest BCUT2D eigenvalue weighted by Gasteiger charge is 2.20. The Morgan fingerprint density at radius 3 is 2.58 bits per heavy atom. The molecule has 3 aromatic rings. The van der Waals surface area contributed by atoms with E-state index in [0.29, 0.717) is 12.1 Å². The van der Waals surface area contributed by atoms with Crippen LogP contribution < -0.4 is 4.90 Å². The SMILES string of the molecule is COC(=O)c1ccc(CN(C)c2nc(CN3CCOCC3)nc3sc(C)c(C)c23)cc1. The van der Waals surface area contributed by atoms with Gasteiger partial charge in [-0.05, 0) is 37.1 Å². The van der Waals surface area contributed by atoms with Gasteiger partial charge in [0, 0.05) is 31.6 Å². The summed E-state index contributed by atoms with van der Waals surface area (Å²) < 4.78 is 10.3. The Kier molecular flexibility index (Phi) is 6.50. The topological polar surface area (TPSA) is 67.8 Å². The Hall–Kier alpha value is -2.55. The number of morpholine rings is 1. The Balaban J connectivity index is 1.63. The number of nitrogens with zero attached hydrogens (tertiary/aromatic N) is 4. The maximum Gasteiger partial charge on any atom is 0.337 e. The molecule has 1 aliphatic rings. The van der Waals surface area contributed by atoms with Crippen molar-refractivity contribution in [1.29, 1.82) is 0 Å². The normalized spacial score (nSPS) is 14.7. The fourth-order valence-electron chi connectivity index (χ4n) is 3.79. The molecule has 3 heterocycles. The maximum absolute atomic E-state index is 11.7. The minimum Gasteiger partial charge on any atom is -0.465 e. The fourth-order valence-corrected chi connectivity index (χ4v) is 4.83. The molecule has 1 aliphatic heterocycles. The highest BCUT2D eigenvalue weighted by molar-refractivity contribution is 7.18. The molecule has 164 valence electrons. The smallest absolute Gasteiger partial charge is 0.337 e. The lowest BCUT2D eigenvalue weighted by atomic mass is 10.1. The molecule has 0 radical (unpaired) electrons. The largest absolute Gasteiger partial charge is 0.465 e. The van der Waals surface area contributed by atoms with Crippen molar-refractivity contribution in [3.8, 4) is 0 Å². The third-order valence-electron chi connectivity index (χ3n) is 5.68. The van der Waals surface area contributed by atoms with Crippen LogP contribution >= 0.6 is 11.3 Å². The average molecular weight is 441 g/mol. The first kappa shape index (κ1) is 21.7. The number of benzene rings is 1. The third kappa shape index (κ3) is 4.71. The number of methoxy groups -OCH3 is 1. The Morgan fingerprint density at radius 1 is 1.19 bits per heavy atom. The lowest BCUT2D eigenvalue weighted by Crippen LogP contribution is -2.36. The zero-order chi connectivity index (χ0) is 22.0. The Morgan fingerprint density at radius 2 is 1.90 bits per heavy atom. The number of fused-ring (bicyclic) bond motifs is 1. The first-order valence-electron chi connectivity index (χ1n) is 10.4. The standard InChI is InChI=1S/C23H28N4O3S/c1-15-16(2)31-22-20(15)21(24-19(25-22)14-27-9-11-30-12-10-27)26(3)13-17-5-7-18(8-6-17)23(28)29-4/h5-8H,9-14H2,1-4H3. The first-order valence-corrected chi connectivity index (χ1v) is 11.2. The molecule has 7 nitrogen and oxygen atoms in total. The number of thiophene rings is 1. The number of carbonyl (C=O) groups is 1. The zero-order valence-electron chi connectivity index (χ0n) is 18.5. The lowest BCUT2D eigenvalue weighted by molar-refractivity contribution is 0.0331. The molecule has 0 amide bonds. The second kappa shape index (κ2) is 9.30. The third-order valence-corrected chi connectivity index (χ3v) is 6.78. The van der Waals surface area contributed by atoms with Gasteiger partial charge in [-0.25, -0.2) is 14.8 Å². The summed E-state index contributed by atoms with van der Waals surface area (Å²) in [6, 6.07) is 7.52. The van der Waals surface area contributed by atoms with Crippen molar-refractivity contribution in [3.63, 3.8) is 0 Å². The second-order valence-electron chi connectivity index (χ2n) is 7.86. The number of ether oxygens (including phenoxy) is 2. The molecule has 1 fully saturated rings. The molecule has 1 aromatic carbocycles. The summed E-state index contributed by atoms with van der Waals surface area (Å²) >= 11 is 1.73. The molecule has 0 aliphatic carbocycles. The molecule has 0 bridgehead atoms. The first-order chi connectivity index (χ1) is 15.0. The molecule has 31 heavy (non-hydrogen) atoms. The van der Waals surface area contributed by atoms with Crippen LogP contribution in [0.15, 0.2) is 24.3 Å². The van der Waals surface area contributed by atoms with Gasteiger partial charge in [-0.1, -0.05) is 12.1 Å². The van der Waals surface area contributed by atoms with E-state index in [2.05, 4.69) is 30.7 Å². The van der Waals surface area contributed by atoms with Gasteiger partial charge in [0.2, 0.25) is 0 Å². The molecule has 4 rings (SSSR count). The number of aryl methyl sites for hydroxylation is 2. The monoisotopic (exact) mass is 440 g/mol. The Labute approximate surface area is 186 Å². The summed E-state index contributed by atoms with van der Waals surface area (Å²) in [4.78, 5) is 28.4. The van der Waals surface area contributed by atoms with Crippen molar-refractivity contribution in [2.75, 3.05) is 45.4 Å². The molecular formula is C23H28N4O3S. The highest BCUT2D eigenvalue weighted by Crippen LogP contribution is 2.35. The van der Waals surface area contributed by atoms with Crippen LogP contribution in [0.2, 0.25) is 0 Å². The van der Waals surface area contributed by atoms with E-state index in [9.17, 15) is 4.79 Å². The quantitative estimate of drug-likeness (QED) is 0.543. The van der Waals surface area contributed by atoms with Crippen LogP contribution in [0, 0.1) is 13.8 Å². The van der Waals surface area contributed by atoms with Crippen LogP contribution in [0.25, 0.3) is 10.2 Å². The van der Waals surface area contributed by atoms with Crippen LogP contribution in [-0.4, -0.2) is 61.3 Å². The Bertz CT molecular complexity index is 1070. The zero-order valence-corrected chi connectivity index (χ0v) is 19.3. The minimum absolute atomic E-state index is 0.324. The number of esters is 1. The number of anilines is 1. The average Bonchev–Trinajstić information content (AvgIpc) is 3.07. The van der Waals surface area contributed by atoms with Crippen molar-refractivity contribution in [1.82, 2.24) is 14.9 Å². The van der Waals surface area contributed by atoms with Gasteiger partial charge in [-0.2, -0.15) is 0 Å². The van der Waals surface area contributed by atoms with Gasteiger partial charge in [0.05, 0.1) is 37.8 Å². The lowest BCUT2D eigenvalue weighted by Gasteiger charge is -2.26. The molecular weight excluding hydrogens is 412 g/mol. The number of carbonyl (C=O) groups excluding carboxylic acids is 1. The van der Waals surface area contributed by atoms with Crippen LogP contribution in [0.1, 0.15) is 32.2 Å². The molecule has 1 saturated heterocycles. The van der Waals surface area contributed by atoms with Gasteiger partial charge in [0.1, 0.15) is 16.5 Å². The predicted octanol–water partition coefficient (Wildman–Crippen LogP) is 3.56. The summed E-state index contributed by atoms with van der Waals surface area (Å²) in [6.45, 7) is 9.01. The molecule has 2 aromatic heterocycles. The van der Waals surface area contributed by atoms with Crippen molar-refractivity contribution in [2.45, 2.75) is 26.9 Å². The molecule has 0 unspecified atom stereocenters. The van der Waals surface area contributed by atoms with Gasteiger partial charge in [-0.15, -0.1) is 11.3 Å². The van der Waals surface area contributed by atoms with Gasteiger partial charge in [-0.3, -0.25) is 4.90 Å². The molecule has 0 spiro atoms. The van der Waals surface area contributed by atoms with Crippen molar-refractivity contribution >= 4 is 33.3 Å². The molecule has 0 saturated carbocycles. The molecule has 8 heteroatoms. The molecule has 0 N–H and O–H groups in total. The minimum atomic E-state index is -0.324. The van der Waals surface area contributed by atoms with Crippen LogP contribution in [-0.2, 0) is 22.6 Å². The van der Waals surface area contributed by atoms with Gasteiger partial charge in [0.25, 0.3) is 0 Å². The van der Waals surface area contributed by atoms with Crippen molar-refractivity contribution in [2.24, 2.45) is 0 Å². The van der Waals surface area contributed by atoms with E-state index in [1.54, 1.807) is 23.5 Å². The second-order valence-corrected chi connectivity index (χ2v) is 9.06. The van der Waals surface area contributed by atoms with E-state index in [0.717, 1.165) is 60.3 Å². The summed E-state index contributed by atoms with van der Waals surface area (Å²) in [5, 5.41) is 1.13. The summed E-state index contributed by atoms with van der Waals surface area (Å²) in [6.07, 6.45) is 0. The fraction of sp³-hybridized carbons (Fsp3) is 0.435. The van der Waals surface area contributed by atoms with Crippen LogP contribution in [0.5, 0.6) is 0 Å². The maximum atomic E-state index is 11.7. The van der Waals surface area contributed by atoms with E-state index < -0.39 is 0 Å². The van der Waals surface area contributed by atoms with Crippen molar-refractivity contribution < 1.29 is 14.3 Å². The summed E-state index contributed by atoms with van der Waals surface area (Å²) in [5.41, 5.74) is 2.89. The number of aromatic nitrogens is 2. The van der Waals surface area contributed by atoms with Crippen LogP contribution in [0.3, 0.4) is 0 Å². The predicted molar refractivity (Wildman–Crippen MR) is 123 cm³/mol. The van der Waals surface area contributed by atoms with E-state index in [-0.39, 0.29) is 5.97 Å².